The third kappa shape index (κ3) is 3.15. The molecule has 0 spiro atoms. The van der Waals surface area contributed by atoms with Crippen molar-refractivity contribution in [3.8, 4) is 0 Å². The summed E-state index contributed by atoms with van der Waals surface area (Å²) in [5.74, 6) is 0. The van der Waals surface area contributed by atoms with Gasteiger partial charge in [-0.2, -0.15) is 0 Å². The van der Waals surface area contributed by atoms with Gasteiger partial charge in [-0.1, -0.05) is 51.4 Å². The average Bonchev–Trinajstić information content (AvgIpc) is 2.93. The van der Waals surface area contributed by atoms with E-state index in [1.807, 2.05) is 14.2 Å². The van der Waals surface area contributed by atoms with E-state index in [2.05, 4.69) is 9.13 Å². The molecule has 128 valence electrons. The second-order valence-electron chi connectivity index (χ2n) is 7.33. The first-order valence-electron chi connectivity index (χ1n) is 9.45. The molecular weight excluding hydrogens is 292 g/mol. The molecule has 2 aliphatic carbocycles. The van der Waals surface area contributed by atoms with E-state index in [-0.39, 0.29) is 0 Å². The predicted octanol–water partition coefficient (Wildman–Crippen LogP) is 3.74. The molecule has 0 atom stereocenters. The van der Waals surface area contributed by atoms with Crippen molar-refractivity contribution in [2.24, 2.45) is 0 Å². The maximum atomic E-state index is 6.10. The zero-order valence-electron chi connectivity index (χ0n) is 14.6. The highest BCUT2D eigenvalue weighted by atomic mass is 28.4. The quantitative estimate of drug-likeness (QED) is 0.580. The molecule has 3 fully saturated rings. The van der Waals surface area contributed by atoms with Crippen LogP contribution >= 0.6 is 0 Å². The van der Waals surface area contributed by atoms with E-state index in [0.29, 0.717) is 12.1 Å². The molecular formula is C17H34N2O2Si. The van der Waals surface area contributed by atoms with E-state index in [0.717, 1.165) is 6.67 Å². The van der Waals surface area contributed by atoms with Crippen LogP contribution in [0.2, 0.25) is 0 Å². The van der Waals surface area contributed by atoms with Gasteiger partial charge in [-0.3, -0.25) is 9.13 Å². The van der Waals surface area contributed by atoms with Gasteiger partial charge in [0.15, 0.2) is 0 Å². The molecule has 5 heteroatoms. The normalized spacial score (nSPS) is 29.7. The third-order valence-electron chi connectivity index (χ3n) is 6.09. The summed E-state index contributed by atoms with van der Waals surface area (Å²) in [4.78, 5) is 0. The lowest BCUT2D eigenvalue weighted by atomic mass is 10.1. The molecule has 1 saturated heterocycles. The standard InChI is InChI=1S/C17H34N2O2Si/c1-20-22(21-2)18(16-11-7-3-4-8-12-16)15-19(22)17-13-9-5-6-10-14-17/h16-17H,3-15H2,1-2H3. The fourth-order valence-electron chi connectivity index (χ4n) is 4.81. The van der Waals surface area contributed by atoms with Crippen LogP contribution in [0.1, 0.15) is 77.0 Å². The minimum Gasteiger partial charge on any atom is -0.374 e. The van der Waals surface area contributed by atoms with Gasteiger partial charge >= 0.3 is 8.88 Å². The molecule has 0 N–H and O–H groups in total. The lowest BCUT2D eigenvalue weighted by Gasteiger charge is -2.59. The average molecular weight is 327 g/mol. The van der Waals surface area contributed by atoms with Crippen molar-refractivity contribution in [2.75, 3.05) is 20.9 Å². The van der Waals surface area contributed by atoms with Gasteiger partial charge < -0.3 is 8.85 Å². The van der Waals surface area contributed by atoms with Crippen LogP contribution in [-0.2, 0) is 8.85 Å². The Kier molecular flexibility index (Phi) is 5.95. The van der Waals surface area contributed by atoms with Gasteiger partial charge in [0.05, 0.1) is 0 Å². The number of hydrogen-bond donors (Lipinski definition) is 0. The summed E-state index contributed by atoms with van der Waals surface area (Å²) in [7, 11) is 1.45. The van der Waals surface area contributed by atoms with Crippen LogP contribution in [0.5, 0.6) is 0 Å². The summed E-state index contributed by atoms with van der Waals surface area (Å²) in [5, 5.41) is 0. The Bertz CT molecular complexity index is 308. The molecule has 0 amide bonds. The summed E-state index contributed by atoms with van der Waals surface area (Å²) < 4.78 is 17.5. The van der Waals surface area contributed by atoms with Crippen molar-refractivity contribution in [1.29, 1.82) is 0 Å². The van der Waals surface area contributed by atoms with Crippen molar-refractivity contribution in [3.63, 3.8) is 0 Å². The van der Waals surface area contributed by atoms with E-state index >= 15 is 0 Å². The lowest BCUT2D eigenvalue weighted by molar-refractivity contribution is -0.0439. The zero-order valence-corrected chi connectivity index (χ0v) is 15.6. The van der Waals surface area contributed by atoms with E-state index in [1.54, 1.807) is 0 Å². The first-order valence-corrected chi connectivity index (χ1v) is 11.2. The predicted molar refractivity (Wildman–Crippen MR) is 91.3 cm³/mol. The van der Waals surface area contributed by atoms with Gasteiger partial charge in [0.25, 0.3) is 0 Å². The van der Waals surface area contributed by atoms with Crippen LogP contribution < -0.4 is 0 Å². The number of hydrogen-bond acceptors (Lipinski definition) is 4. The minimum atomic E-state index is -2.30. The number of nitrogens with zero attached hydrogens (tertiary/aromatic N) is 2. The van der Waals surface area contributed by atoms with Gasteiger partial charge in [0.1, 0.15) is 0 Å². The van der Waals surface area contributed by atoms with Crippen LogP contribution in [-0.4, -0.2) is 51.0 Å². The van der Waals surface area contributed by atoms with Gasteiger partial charge in [0.2, 0.25) is 0 Å². The van der Waals surface area contributed by atoms with Crippen molar-refractivity contribution in [3.05, 3.63) is 0 Å². The Morgan fingerprint density at radius 3 is 1.32 bits per heavy atom. The molecule has 0 bridgehead atoms. The Labute approximate surface area is 137 Å². The first kappa shape index (κ1) is 16.9. The largest absolute Gasteiger partial charge is 0.524 e. The Balaban J connectivity index is 1.70. The van der Waals surface area contributed by atoms with E-state index in [4.69, 9.17) is 8.85 Å². The molecule has 3 rings (SSSR count). The van der Waals surface area contributed by atoms with Crippen molar-refractivity contribution >= 4 is 8.88 Å². The van der Waals surface area contributed by atoms with Crippen molar-refractivity contribution < 1.29 is 8.85 Å². The highest BCUT2D eigenvalue weighted by Gasteiger charge is 2.63. The van der Waals surface area contributed by atoms with E-state index in [1.165, 1.54) is 77.0 Å². The maximum absolute atomic E-state index is 6.10. The van der Waals surface area contributed by atoms with Crippen molar-refractivity contribution in [1.82, 2.24) is 9.13 Å². The highest BCUT2D eigenvalue weighted by molar-refractivity contribution is 6.64. The molecule has 0 aromatic carbocycles. The van der Waals surface area contributed by atoms with Crippen LogP contribution in [0.4, 0.5) is 0 Å². The molecule has 0 aromatic heterocycles. The Morgan fingerprint density at radius 1 is 0.636 bits per heavy atom. The fourth-order valence-corrected chi connectivity index (χ4v) is 8.12. The zero-order chi connectivity index (χ0) is 15.4. The summed E-state index contributed by atoms with van der Waals surface area (Å²) in [5.41, 5.74) is 0. The SMILES string of the molecule is CO[Si]1(OC)N(C2CCCCCC2)CN1C1CCCCCC1. The Morgan fingerprint density at radius 2 is 1.00 bits per heavy atom. The lowest BCUT2D eigenvalue weighted by Crippen LogP contribution is -2.84. The topological polar surface area (TPSA) is 24.9 Å². The van der Waals surface area contributed by atoms with Gasteiger partial charge in [0, 0.05) is 33.0 Å². The summed E-state index contributed by atoms with van der Waals surface area (Å²) in [6, 6.07) is 1.38. The molecule has 1 aliphatic heterocycles. The molecule has 0 aromatic rings. The van der Waals surface area contributed by atoms with Crippen LogP contribution in [0.25, 0.3) is 0 Å². The van der Waals surface area contributed by atoms with Gasteiger partial charge in [-0.25, -0.2) is 0 Å². The summed E-state index contributed by atoms with van der Waals surface area (Å²) in [6.07, 6.45) is 16.5. The second kappa shape index (κ2) is 7.75. The second-order valence-corrected chi connectivity index (χ2v) is 10.4. The molecule has 2 saturated carbocycles. The monoisotopic (exact) mass is 326 g/mol. The first-order chi connectivity index (χ1) is 10.8. The molecule has 22 heavy (non-hydrogen) atoms. The summed E-state index contributed by atoms with van der Waals surface area (Å²) >= 11 is 0. The molecule has 3 aliphatic rings. The van der Waals surface area contributed by atoms with Crippen LogP contribution in [0.3, 0.4) is 0 Å². The third-order valence-corrected chi connectivity index (χ3v) is 9.62. The molecule has 1 heterocycles. The van der Waals surface area contributed by atoms with E-state index in [9.17, 15) is 0 Å². The fraction of sp³-hybridized carbons (Fsp3) is 1.00. The van der Waals surface area contributed by atoms with E-state index < -0.39 is 8.88 Å². The molecule has 4 nitrogen and oxygen atoms in total. The number of rotatable bonds is 4. The van der Waals surface area contributed by atoms with Crippen LogP contribution in [0.15, 0.2) is 0 Å². The molecule has 0 radical (unpaired) electrons. The highest BCUT2D eigenvalue weighted by Crippen LogP contribution is 2.39. The minimum absolute atomic E-state index is 0.691. The maximum Gasteiger partial charge on any atom is 0.524 e. The van der Waals surface area contributed by atoms with Crippen molar-refractivity contribution in [2.45, 2.75) is 89.1 Å². The van der Waals surface area contributed by atoms with Gasteiger partial charge in [-0.15, -0.1) is 0 Å². The van der Waals surface area contributed by atoms with Crippen LogP contribution in [0, 0.1) is 0 Å². The Hall–Kier alpha value is 0.0569. The molecule has 0 unspecified atom stereocenters. The van der Waals surface area contributed by atoms with Gasteiger partial charge in [-0.05, 0) is 25.7 Å². The smallest absolute Gasteiger partial charge is 0.374 e. The summed E-state index contributed by atoms with van der Waals surface area (Å²) in [6.45, 7) is 1.09.